The maximum Gasteiger partial charge on any atom is 0.372 e. The summed E-state index contributed by atoms with van der Waals surface area (Å²) in [4.78, 5) is 13.3. The van der Waals surface area contributed by atoms with Crippen LogP contribution in [0.1, 0.15) is 16.1 Å². The Morgan fingerprint density at radius 2 is 2.16 bits per heavy atom. The summed E-state index contributed by atoms with van der Waals surface area (Å²) < 4.78 is 10.4. The van der Waals surface area contributed by atoms with Gasteiger partial charge in [0.15, 0.2) is 0 Å². The average Bonchev–Trinajstić information content (AvgIpc) is 2.76. The van der Waals surface area contributed by atoms with Crippen LogP contribution in [0.5, 0.6) is 0 Å². The van der Waals surface area contributed by atoms with Crippen molar-refractivity contribution < 1.29 is 19.1 Å². The summed E-state index contributed by atoms with van der Waals surface area (Å²) in [7, 11) is 3.57. The topological polar surface area (TPSA) is 62.9 Å². The summed E-state index contributed by atoms with van der Waals surface area (Å²) in [6, 6.07) is 7.36. The molecule has 0 aliphatic carbocycles. The third-order valence-electron chi connectivity index (χ3n) is 3.00. The maximum absolute atomic E-state index is 11.2. The van der Waals surface area contributed by atoms with Gasteiger partial charge in [-0.2, -0.15) is 0 Å². The van der Waals surface area contributed by atoms with Gasteiger partial charge in [-0.1, -0.05) is 18.2 Å². The average molecular weight is 263 g/mol. The summed E-state index contributed by atoms with van der Waals surface area (Å²) in [6.45, 7) is 1.85. The number of hydrogen-bond donors (Lipinski definition) is 1. The van der Waals surface area contributed by atoms with Crippen LogP contribution in [0.25, 0.3) is 11.0 Å². The second-order valence-corrected chi connectivity index (χ2v) is 4.44. The summed E-state index contributed by atoms with van der Waals surface area (Å²) in [5.41, 5.74) is 1.32. The molecule has 0 saturated carbocycles. The third-order valence-corrected chi connectivity index (χ3v) is 3.00. The van der Waals surface area contributed by atoms with Crippen molar-refractivity contribution in [2.45, 2.75) is 6.54 Å². The zero-order valence-corrected chi connectivity index (χ0v) is 11.0. The molecule has 2 rings (SSSR count). The first-order valence-electron chi connectivity index (χ1n) is 6.04. The minimum atomic E-state index is -1.04. The lowest BCUT2D eigenvalue weighted by atomic mass is 10.1. The number of carboxylic acids is 1. The molecular weight excluding hydrogens is 246 g/mol. The van der Waals surface area contributed by atoms with E-state index in [9.17, 15) is 9.90 Å². The highest BCUT2D eigenvalue weighted by Gasteiger charge is 2.20. The van der Waals surface area contributed by atoms with Crippen LogP contribution in [0.3, 0.4) is 0 Å². The number of hydrogen-bond acceptors (Lipinski definition) is 4. The van der Waals surface area contributed by atoms with Gasteiger partial charge >= 0.3 is 5.97 Å². The molecule has 5 nitrogen and oxygen atoms in total. The number of carbonyl (C=O) groups is 1. The lowest BCUT2D eigenvalue weighted by molar-refractivity contribution is 0.0661. The molecule has 5 heteroatoms. The minimum absolute atomic E-state index is 0.0190. The van der Waals surface area contributed by atoms with E-state index in [4.69, 9.17) is 9.15 Å². The largest absolute Gasteiger partial charge is 0.475 e. The number of furan rings is 1. The fraction of sp³-hybridized carbons (Fsp3) is 0.357. The smallest absolute Gasteiger partial charge is 0.372 e. The monoisotopic (exact) mass is 263 g/mol. The van der Waals surface area contributed by atoms with Crippen molar-refractivity contribution in [2.24, 2.45) is 0 Å². The SMILES string of the molecule is COCCN(C)Cc1c(C(=O)O)oc2ccccc12. The number of rotatable bonds is 6. The van der Waals surface area contributed by atoms with Crippen LogP contribution < -0.4 is 0 Å². The van der Waals surface area contributed by atoms with Gasteiger partial charge in [-0.05, 0) is 13.1 Å². The molecule has 19 heavy (non-hydrogen) atoms. The first-order valence-corrected chi connectivity index (χ1v) is 6.04. The van der Waals surface area contributed by atoms with Crippen LogP contribution >= 0.6 is 0 Å². The zero-order valence-electron chi connectivity index (χ0n) is 11.0. The van der Waals surface area contributed by atoms with Crippen LogP contribution in [-0.4, -0.2) is 43.3 Å². The first-order chi connectivity index (χ1) is 9.13. The predicted molar refractivity (Wildman–Crippen MR) is 71.4 cm³/mol. The van der Waals surface area contributed by atoms with Gasteiger partial charge in [0.05, 0.1) is 6.61 Å². The number of para-hydroxylation sites is 1. The second kappa shape index (κ2) is 5.86. The van der Waals surface area contributed by atoms with Crippen LogP contribution in [0, 0.1) is 0 Å². The Kier molecular flexibility index (Phi) is 4.19. The molecule has 102 valence electrons. The Labute approximate surface area is 111 Å². The van der Waals surface area contributed by atoms with Crippen molar-refractivity contribution in [1.29, 1.82) is 0 Å². The van der Waals surface area contributed by atoms with Crippen molar-refractivity contribution in [3.63, 3.8) is 0 Å². The Balaban J connectivity index is 2.34. The molecule has 0 aliphatic rings. The van der Waals surface area contributed by atoms with Gasteiger partial charge < -0.3 is 14.3 Å². The van der Waals surface area contributed by atoms with E-state index in [0.717, 1.165) is 11.9 Å². The van der Waals surface area contributed by atoms with Crippen molar-refractivity contribution >= 4 is 16.9 Å². The zero-order chi connectivity index (χ0) is 13.8. The van der Waals surface area contributed by atoms with Crippen molar-refractivity contribution in [3.05, 3.63) is 35.6 Å². The minimum Gasteiger partial charge on any atom is -0.475 e. The van der Waals surface area contributed by atoms with E-state index in [-0.39, 0.29) is 5.76 Å². The van der Waals surface area contributed by atoms with Gasteiger partial charge in [0.2, 0.25) is 5.76 Å². The lowest BCUT2D eigenvalue weighted by Gasteiger charge is -2.15. The van der Waals surface area contributed by atoms with Crippen LogP contribution in [0.2, 0.25) is 0 Å². The molecule has 1 N–H and O–H groups in total. The maximum atomic E-state index is 11.2. The highest BCUT2D eigenvalue weighted by atomic mass is 16.5. The Morgan fingerprint density at radius 1 is 1.42 bits per heavy atom. The third kappa shape index (κ3) is 2.94. The highest BCUT2D eigenvalue weighted by Crippen LogP contribution is 2.26. The van der Waals surface area contributed by atoms with Gasteiger partial charge in [-0.15, -0.1) is 0 Å². The molecule has 0 saturated heterocycles. The summed E-state index contributed by atoms with van der Waals surface area (Å²) in [6.07, 6.45) is 0. The molecular formula is C14H17NO4. The molecule has 0 fully saturated rings. The number of benzene rings is 1. The number of methoxy groups -OCH3 is 1. The molecule has 1 aromatic carbocycles. The van der Waals surface area contributed by atoms with Crippen LogP contribution in [0.4, 0.5) is 0 Å². The van der Waals surface area contributed by atoms with Crippen molar-refractivity contribution in [3.8, 4) is 0 Å². The molecule has 2 aromatic rings. The molecule has 0 spiro atoms. The summed E-state index contributed by atoms with van der Waals surface area (Å²) >= 11 is 0. The van der Waals surface area contributed by atoms with Gasteiger partial charge in [-0.3, -0.25) is 4.90 Å². The Bertz CT molecular complexity index is 576. The quantitative estimate of drug-likeness (QED) is 0.865. The number of aromatic carboxylic acids is 1. The normalized spacial score (nSPS) is 11.3. The number of ether oxygens (including phenoxy) is 1. The van der Waals surface area contributed by atoms with Crippen LogP contribution in [-0.2, 0) is 11.3 Å². The number of likely N-dealkylation sites (N-methyl/N-ethyl adjacent to an activating group) is 1. The van der Waals surface area contributed by atoms with Gasteiger partial charge in [0.1, 0.15) is 5.58 Å². The molecule has 0 amide bonds. The van der Waals surface area contributed by atoms with Gasteiger partial charge in [-0.25, -0.2) is 4.79 Å². The Morgan fingerprint density at radius 3 is 2.84 bits per heavy atom. The second-order valence-electron chi connectivity index (χ2n) is 4.44. The lowest BCUT2D eigenvalue weighted by Crippen LogP contribution is -2.23. The van der Waals surface area contributed by atoms with E-state index in [1.54, 1.807) is 13.2 Å². The molecule has 0 aliphatic heterocycles. The van der Waals surface area contributed by atoms with Gasteiger partial charge in [0.25, 0.3) is 0 Å². The van der Waals surface area contributed by atoms with E-state index < -0.39 is 5.97 Å². The number of carboxylic acid groups (broad SMARTS) is 1. The van der Waals surface area contributed by atoms with Crippen LogP contribution in [0.15, 0.2) is 28.7 Å². The van der Waals surface area contributed by atoms with E-state index in [0.29, 0.717) is 24.3 Å². The molecule has 0 unspecified atom stereocenters. The molecule has 1 aromatic heterocycles. The fourth-order valence-electron chi connectivity index (χ4n) is 2.02. The van der Waals surface area contributed by atoms with E-state index in [2.05, 4.69) is 0 Å². The van der Waals surface area contributed by atoms with E-state index in [1.807, 2.05) is 30.1 Å². The number of nitrogens with zero attached hydrogens (tertiary/aromatic N) is 1. The molecule has 1 heterocycles. The predicted octanol–water partition coefficient (Wildman–Crippen LogP) is 2.21. The summed E-state index contributed by atoms with van der Waals surface area (Å²) in [5, 5.41) is 10.1. The highest BCUT2D eigenvalue weighted by molar-refractivity contribution is 5.95. The van der Waals surface area contributed by atoms with E-state index >= 15 is 0 Å². The van der Waals surface area contributed by atoms with Gasteiger partial charge in [0, 0.05) is 31.1 Å². The molecule has 0 radical (unpaired) electrons. The molecule has 0 atom stereocenters. The van der Waals surface area contributed by atoms with E-state index in [1.165, 1.54) is 0 Å². The fourth-order valence-corrected chi connectivity index (χ4v) is 2.02. The standard InChI is InChI=1S/C14H17NO4/c1-15(7-8-18-2)9-11-10-5-3-4-6-12(10)19-13(11)14(16)17/h3-6H,7-9H2,1-2H3,(H,16,17). The summed E-state index contributed by atoms with van der Waals surface area (Å²) in [5.74, 6) is -1.02. The first kappa shape index (κ1) is 13.6. The molecule has 0 bridgehead atoms. The number of fused-ring (bicyclic) bond motifs is 1. The van der Waals surface area contributed by atoms with Crippen molar-refractivity contribution in [1.82, 2.24) is 4.90 Å². The van der Waals surface area contributed by atoms with Crippen molar-refractivity contribution in [2.75, 3.05) is 27.3 Å². The Hall–Kier alpha value is -1.85.